The molecule has 4 nitrogen and oxygen atoms in total. The van der Waals surface area contributed by atoms with E-state index in [9.17, 15) is 9.18 Å². The number of nitrogens with zero attached hydrogens (tertiary/aromatic N) is 1. The van der Waals surface area contributed by atoms with Crippen LogP contribution >= 0.6 is 12.4 Å². The van der Waals surface area contributed by atoms with E-state index in [4.69, 9.17) is 0 Å². The van der Waals surface area contributed by atoms with Gasteiger partial charge in [-0.3, -0.25) is 9.69 Å². The summed E-state index contributed by atoms with van der Waals surface area (Å²) in [6.45, 7) is 7.66. The Balaban J connectivity index is 0.00000288. The number of piperidine rings is 1. The van der Waals surface area contributed by atoms with Crippen molar-refractivity contribution in [1.29, 1.82) is 0 Å². The quantitative estimate of drug-likeness (QED) is 0.788. The fraction of sp³-hybridized carbons (Fsp3) is 0.611. The summed E-state index contributed by atoms with van der Waals surface area (Å²) in [5, 5.41) is 6.27. The number of rotatable bonds is 7. The Morgan fingerprint density at radius 2 is 2.08 bits per heavy atom. The van der Waals surface area contributed by atoms with Crippen LogP contribution in [0.2, 0.25) is 0 Å². The minimum atomic E-state index is -0.223. The third-order valence-corrected chi connectivity index (χ3v) is 4.41. The molecule has 1 heterocycles. The first-order valence-electron chi connectivity index (χ1n) is 8.56. The maximum Gasteiger partial charge on any atom is 0.234 e. The van der Waals surface area contributed by atoms with E-state index in [1.54, 1.807) is 13.0 Å². The van der Waals surface area contributed by atoms with Crippen molar-refractivity contribution >= 4 is 18.3 Å². The predicted molar refractivity (Wildman–Crippen MR) is 98.0 cm³/mol. The fourth-order valence-corrected chi connectivity index (χ4v) is 3.04. The smallest absolute Gasteiger partial charge is 0.234 e. The summed E-state index contributed by atoms with van der Waals surface area (Å²) in [6, 6.07) is 5.58. The summed E-state index contributed by atoms with van der Waals surface area (Å²) in [5.41, 5.74) is 1.42. The van der Waals surface area contributed by atoms with Crippen molar-refractivity contribution in [2.75, 3.05) is 26.2 Å². The minimum absolute atomic E-state index is 0. The van der Waals surface area contributed by atoms with Crippen LogP contribution in [-0.2, 0) is 11.3 Å². The van der Waals surface area contributed by atoms with Gasteiger partial charge >= 0.3 is 0 Å². The first-order valence-corrected chi connectivity index (χ1v) is 8.56. The molecule has 1 amide bonds. The van der Waals surface area contributed by atoms with Crippen LogP contribution in [0.25, 0.3) is 0 Å². The molecule has 1 saturated heterocycles. The average molecular weight is 358 g/mol. The lowest BCUT2D eigenvalue weighted by atomic mass is 10.0. The van der Waals surface area contributed by atoms with E-state index >= 15 is 0 Å². The molecule has 136 valence electrons. The lowest BCUT2D eigenvalue weighted by Crippen LogP contribution is -2.47. The molecule has 0 saturated carbocycles. The number of amides is 1. The number of carbonyl (C=O) groups is 1. The molecule has 0 atom stereocenters. The summed E-state index contributed by atoms with van der Waals surface area (Å²) < 4.78 is 13.5. The molecule has 6 heteroatoms. The zero-order valence-corrected chi connectivity index (χ0v) is 15.4. The summed E-state index contributed by atoms with van der Waals surface area (Å²) in [5.74, 6) is -0.211. The van der Waals surface area contributed by atoms with Crippen molar-refractivity contribution in [3.8, 4) is 0 Å². The molecule has 1 aromatic rings. The van der Waals surface area contributed by atoms with Gasteiger partial charge in [-0.15, -0.1) is 12.4 Å². The summed E-state index contributed by atoms with van der Waals surface area (Å²) >= 11 is 0. The van der Waals surface area contributed by atoms with Crippen molar-refractivity contribution in [3.05, 3.63) is 35.1 Å². The van der Waals surface area contributed by atoms with Crippen LogP contribution in [0.4, 0.5) is 4.39 Å². The Morgan fingerprint density at radius 3 is 2.71 bits per heavy atom. The minimum Gasteiger partial charge on any atom is -0.351 e. The lowest BCUT2D eigenvalue weighted by Gasteiger charge is -2.34. The molecule has 24 heavy (non-hydrogen) atoms. The van der Waals surface area contributed by atoms with Crippen LogP contribution in [0.15, 0.2) is 18.2 Å². The van der Waals surface area contributed by atoms with Gasteiger partial charge in [-0.05, 0) is 63.0 Å². The number of hydrogen-bond acceptors (Lipinski definition) is 3. The second-order valence-corrected chi connectivity index (χ2v) is 6.31. The van der Waals surface area contributed by atoms with E-state index in [2.05, 4.69) is 22.5 Å². The molecule has 1 aliphatic heterocycles. The number of benzene rings is 1. The molecule has 1 aliphatic rings. The molecule has 0 unspecified atom stereocenters. The standard InChI is InChI=1S/C18H28FN3O.ClH/c1-3-10-22(16-6-8-20-9-7-16)13-18(23)21-12-15-5-4-14(2)17(19)11-15;/h4-5,11,16,20H,3,6-10,12-13H2,1-2H3,(H,21,23);1H. The van der Waals surface area contributed by atoms with E-state index in [-0.39, 0.29) is 24.1 Å². The van der Waals surface area contributed by atoms with E-state index in [1.807, 2.05) is 6.07 Å². The fourth-order valence-electron chi connectivity index (χ4n) is 3.04. The number of hydrogen-bond donors (Lipinski definition) is 2. The molecule has 0 aromatic heterocycles. The van der Waals surface area contributed by atoms with Gasteiger partial charge in [0.25, 0.3) is 0 Å². The second kappa shape index (κ2) is 10.6. The van der Waals surface area contributed by atoms with Gasteiger partial charge in [0.15, 0.2) is 0 Å². The molecule has 0 spiro atoms. The van der Waals surface area contributed by atoms with Gasteiger partial charge in [0.1, 0.15) is 5.82 Å². The van der Waals surface area contributed by atoms with Gasteiger partial charge in [-0.1, -0.05) is 19.1 Å². The monoisotopic (exact) mass is 357 g/mol. The zero-order chi connectivity index (χ0) is 16.7. The largest absolute Gasteiger partial charge is 0.351 e. The molecule has 1 aromatic carbocycles. The van der Waals surface area contributed by atoms with Crippen LogP contribution in [0, 0.1) is 12.7 Å². The second-order valence-electron chi connectivity index (χ2n) is 6.31. The van der Waals surface area contributed by atoms with Gasteiger partial charge < -0.3 is 10.6 Å². The van der Waals surface area contributed by atoms with E-state index in [0.29, 0.717) is 24.7 Å². The first-order chi connectivity index (χ1) is 11.1. The predicted octanol–water partition coefficient (Wildman–Crippen LogP) is 2.64. The number of carbonyl (C=O) groups excluding carboxylic acids is 1. The third-order valence-electron chi connectivity index (χ3n) is 4.41. The molecule has 2 N–H and O–H groups in total. The summed E-state index contributed by atoms with van der Waals surface area (Å²) in [4.78, 5) is 14.5. The van der Waals surface area contributed by atoms with Crippen LogP contribution in [0.5, 0.6) is 0 Å². The Hall–Kier alpha value is -1.17. The summed E-state index contributed by atoms with van der Waals surface area (Å²) in [7, 11) is 0. The highest BCUT2D eigenvalue weighted by atomic mass is 35.5. The first kappa shape index (κ1) is 20.9. The van der Waals surface area contributed by atoms with Crippen molar-refractivity contribution in [2.24, 2.45) is 0 Å². The molecule has 2 rings (SSSR count). The van der Waals surface area contributed by atoms with Gasteiger partial charge in [-0.25, -0.2) is 4.39 Å². The average Bonchev–Trinajstić information content (AvgIpc) is 2.56. The highest BCUT2D eigenvalue weighted by Crippen LogP contribution is 2.12. The van der Waals surface area contributed by atoms with Crippen LogP contribution < -0.4 is 10.6 Å². The topological polar surface area (TPSA) is 44.4 Å². The van der Waals surface area contributed by atoms with Gasteiger partial charge in [0.2, 0.25) is 5.91 Å². The van der Waals surface area contributed by atoms with Crippen molar-refractivity contribution in [3.63, 3.8) is 0 Å². The third kappa shape index (κ3) is 6.38. The molecule has 0 bridgehead atoms. The Labute approximate surface area is 150 Å². The normalized spacial score (nSPS) is 15.2. The molecular formula is C18H29ClFN3O. The van der Waals surface area contributed by atoms with E-state index in [0.717, 1.165) is 44.5 Å². The van der Waals surface area contributed by atoms with E-state index in [1.165, 1.54) is 6.07 Å². The Morgan fingerprint density at radius 1 is 1.38 bits per heavy atom. The maximum absolute atomic E-state index is 13.5. The maximum atomic E-state index is 13.5. The van der Waals surface area contributed by atoms with Crippen LogP contribution in [0.3, 0.4) is 0 Å². The number of nitrogens with one attached hydrogen (secondary N) is 2. The van der Waals surface area contributed by atoms with Gasteiger partial charge in [-0.2, -0.15) is 0 Å². The molecule has 0 radical (unpaired) electrons. The Kier molecular flexibility index (Phi) is 9.26. The lowest BCUT2D eigenvalue weighted by molar-refractivity contribution is -0.123. The van der Waals surface area contributed by atoms with E-state index < -0.39 is 0 Å². The van der Waals surface area contributed by atoms with Gasteiger partial charge in [0, 0.05) is 12.6 Å². The van der Waals surface area contributed by atoms with Crippen LogP contribution in [0.1, 0.15) is 37.3 Å². The van der Waals surface area contributed by atoms with Gasteiger partial charge in [0.05, 0.1) is 6.54 Å². The molecule has 0 aliphatic carbocycles. The summed E-state index contributed by atoms with van der Waals surface area (Å²) in [6.07, 6.45) is 3.23. The zero-order valence-electron chi connectivity index (χ0n) is 14.6. The van der Waals surface area contributed by atoms with Crippen molar-refractivity contribution in [2.45, 2.75) is 45.7 Å². The number of aryl methyl sites for hydroxylation is 1. The highest BCUT2D eigenvalue weighted by molar-refractivity contribution is 5.85. The molecule has 1 fully saturated rings. The Bertz CT molecular complexity index is 521. The molecular weight excluding hydrogens is 329 g/mol. The van der Waals surface area contributed by atoms with Crippen LogP contribution in [-0.4, -0.2) is 43.0 Å². The van der Waals surface area contributed by atoms with Crippen molar-refractivity contribution in [1.82, 2.24) is 15.5 Å². The SMILES string of the molecule is CCCN(CC(=O)NCc1ccc(C)c(F)c1)C1CCNCC1.Cl. The number of halogens is 2. The highest BCUT2D eigenvalue weighted by Gasteiger charge is 2.22. The van der Waals surface area contributed by atoms with Crippen molar-refractivity contribution < 1.29 is 9.18 Å².